The van der Waals surface area contributed by atoms with Crippen LogP contribution in [0.5, 0.6) is 5.75 Å². The van der Waals surface area contributed by atoms with Gasteiger partial charge in [0.2, 0.25) is 0 Å². The maximum absolute atomic E-state index is 11.3. The Morgan fingerprint density at radius 2 is 1.31 bits per heavy atom. The van der Waals surface area contributed by atoms with E-state index in [1.54, 1.807) is 14.0 Å². The molecule has 0 radical (unpaired) electrons. The molecule has 0 aliphatic heterocycles. The first-order chi connectivity index (χ1) is 14.0. The average molecular weight is 399 g/mol. The van der Waals surface area contributed by atoms with Crippen molar-refractivity contribution < 1.29 is 14.3 Å². The van der Waals surface area contributed by atoms with Crippen LogP contribution in [-0.4, -0.2) is 26.1 Å². The van der Waals surface area contributed by atoms with Crippen molar-refractivity contribution in [2.24, 2.45) is 5.92 Å². The highest BCUT2D eigenvalue weighted by atomic mass is 16.5. The van der Waals surface area contributed by atoms with E-state index in [0.717, 1.165) is 54.4 Å². The Morgan fingerprint density at radius 3 is 1.76 bits per heavy atom. The van der Waals surface area contributed by atoms with Crippen molar-refractivity contribution >= 4 is 5.78 Å². The molecule has 0 heterocycles. The lowest BCUT2D eigenvalue weighted by Crippen LogP contribution is -1.98. The molecular weight excluding hydrogens is 360 g/mol. The van der Waals surface area contributed by atoms with E-state index in [1.165, 1.54) is 19.3 Å². The van der Waals surface area contributed by atoms with E-state index in [2.05, 4.69) is 32.9 Å². The van der Waals surface area contributed by atoms with Gasteiger partial charge in [-0.3, -0.25) is 4.79 Å². The third-order valence-corrected chi connectivity index (χ3v) is 4.81. The van der Waals surface area contributed by atoms with Gasteiger partial charge in [0.1, 0.15) is 5.75 Å². The number of benzene rings is 2. The van der Waals surface area contributed by atoms with E-state index in [9.17, 15) is 4.79 Å². The first-order valence-corrected chi connectivity index (χ1v) is 10.8. The Bertz CT molecular complexity index is 672. The Kier molecular flexibility index (Phi) is 12.7. The van der Waals surface area contributed by atoms with Crippen molar-refractivity contribution in [2.75, 3.05) is 20.3 Å². The number of hydrogen-bond donors (Lipinski definition) is 0. The molecule has 0 aliphatic rings. The fraction of sp³-hybridized carbons (Fsp3) is 0.500. The van der Waals surface area contributed by atoms with Crippen LogP contribution < -0.4 is 4.74 Å². The second-order valence-corrected chi connectivity index (χ2v) is 7.72. The van der Waals surface area contributed by atoms with Crippen LogP contribution in [0.2, 0.25) is 0 Å². The fourth-order valence-corrected chi connectivity index (χ4v) is 2.53. The molecule has 2 aromatic rings. The van der Waals surface area contributed by atoms with Crippen LogP contribution in [0.25, 0.3) is 11.1 Å². The van der Waals surface area contributed by atoms with Gasteiger partial charge in [-0.1, -0.05) is 70.0 Å². The molecule has 0 saturated carbocycles. The zero-order valence-electron chi connectivity index (χ0n) is 18.9. The maximum Gasteiger partial charge on any atom is 0.159 e. The van der Waals surface area contributed by atoms with Gasteiger partial charge in [-0.25, -0.2) is 0 Å². The molecule has 0 saturated heterocycles. The van der Waals surface area contributed by atoms with Crippen LogP contribution in [-0.2, 0) is 4.74 Å². The lowest BCUT2D eigenvalue weighted by Gasteiger charge is -2.08. The SMILES string of the molecule is CCC(C)C.COCCCCCCOc1ccc(-c2ccc(C(C)=O)cc2)cc1. The summed E-state index contributed by atoms with van der Waals surface area (Å²) in [7, 11) is 1.74. The molecule has 0 atom stereocenters. The van der Waals surface area contributed by atoms with Crippen LogP contribution in [0.15, 0.2) is 48.5 Å². The number of carbonyl (C=O) groups excluding carboxylic acids is 1. The molecule has 0 N–H and O–H groups in total. The highest BCUT2D eigenvalue weighted by Gasteiger charge is 2.02. The zero-order valence-corrected chi connectivity index (χ0v) is 18.9. The van der Waals surface area contributed by atoms with Gasteiger partial charge in [0, 0.05) is 19.3 Å². The molecule has 3 heteroatoms. The number of methoxy groups -OCH3 is 1. The van der Waals surface area contributed by atoms with Gasteiger partial charge in [-0.05, 0) is 55.4 Å². The van der Waals surface area contributed by atoms with Crippen molar-refractivity contribution in [1.29, 1.82) is 0 Å². The molecule has 2 rings (SSSR count). The number of ketones is 1. The Hall–Kier alpha value is -2.13. The normalized spacial score (nSPS) is 10.4. The molecule has 0 unspecified atom stereocenters. The van der Waals surface area contributed by atoms with E-state index in [4.69, 9.17) is 9.47 Å². The van der Waals surface area contributed by atoms with Crippen molar-refractivity contribution in [3.63, 3.8) is 0 Å². The first-order valence-electron chi connectivity index (χ1n) is 10.8. The standard InChI is InChI=1S/C21H26O3.C5H12/c1-17(22)18-7-9-19(10-8-18)20-11-13-21(14-12-20)24-16-6-4-3-5-15-23-2;1-4-5(2)3/h7-14H,3-6,15-16H2,1-2H3;5H,4H2,1-3H3. The molecule has 0 aromatic heterocycles. The smallest absolute Gasteiger partial charge is 0.159 e. The van der Waals surface area contributed by atoms with Crippen molar-refractivity contribution in [3.8, 4) is 16.9 Å². The van der Waals surface area contributed by atoms with Crippen molar-refractivity contribution in [2.45, 2.75) is 59.8 Å². The van der Waals surface area contributed by atoms with E-state index in [1.807, 2.05) is 36.4 Å². The Labute approximate surface area is 177 Å². The largest absolute Gasteiger partial charge is 0.494 e. The maximum atomic E-state index is 11.3. The summed E-state index contributed by atoms with van der Waals surface area (Å²) in [5.74, 6) is 1.87. The quantitative estimate of drug-likeness (QED) is 0.297. The van der Waals surface area contributed by atoms with Crippen LogP contribution in [0, 0.1) is 5.92 Å². The molecule has 0 bridgehead atoms. The summed E-state index contributed by atoms with van der Waals surface area (Å²) in [4.78, 5) is 11.3. The highest BCUT2D eigenvalue weighted by Crippen LogP contribution is 2.23. The van der Waals surface area contributed by atoms with Crippen molar-refractivity contribution in [1.82, 2.24) is 0 Å². The van der Waals surface area contributed by atoms with E-state index in [0.29, 0.717) is 0 Å². The second-order valence-electron chi connectivity index (χ2n) is 7.72. The van der Waals surface area contributed by atoms with Gasteiger partial charge in [0.05, 0.1) is 6.61 Å². The lowest BCUT2D eigenvalue weighted by atomic mass is 10.0. The molecule has 0 aliphatic carbocycles. The Balaban J connectivity index is 0.000000749. The lowest BCUT2D eigenvalue weighted by molar-refractivity contribution is 0.101. The molecule has 0 spiro atoms. The number of unbranched alkanes of at least 4 members (excludes halogenated alkanes) is 3. The third-order valence-electron chi connectivity index (χ3n) is 4.81. The molecule has 160 valence electrons. The van der Waals surface area contributed by atoms with Crippen LogP contribution >= 0.6 is 0 Å². The summed E-state index contributed by atoms with van der Waals surface area (Å²) in [6, 6.07) is 15.8. The monoisotopic (exact) mass is 398 g/mol. The molecule has 0 amide bonds. The topological polar surface area (TPSA) is 35.5 Å². The highest BCUT2D eigenvalue weighted by molar-refractivity contribution is 5.94. The van der Waals surface area contributed by atoms with Gasteiger partial charge in [-0.15, -0.1) is 0 Å². The van der Waals surface area contributed by atoms with Crippen LogP contribution in [0.3, 0.4) is 0 Å². The summed E-state index contributed by atoms with van der Waals surface area (Å²) in [6.07, 6.45) is 5.85. The van der Waals surface area contributed by atoms with Gasteiger partial charge >= 0.3 is 0 Å². The third kappa shape index (κ3) is 10.8. The van der Waals surface area contributed by atoms with Gasteiger partial charge in [-0.2, -0.15) is 0 Å². The average Bonchev–Trinajstić information content (AvgIpc) is 2.74. The fourth-order valence-electron chi connectivity index (χ4n) is 2.53. The minimum atomic E-state index is 0.0903. The zero-order chi connectivity index (χ0) is 21.5. The predicted molar refractivity (Wildman–Crippen MR) is 123 cm³/mol. The summed E-state index contributed by atoms with van der Waals surface area (Å²) in [6.45, 7) is 9.82. The van der Waals surface area contributed by atoms with Crippen molar-refractivity contribution in [3.05, 3.63) is 54.1 Å². The first kappa shape index (κ1) is 24.9. The number of rotatable bonds is 11. The van der Waals surface area contributed by atoms with E-state index < -0.39 is 0 Å². The summed E-state index contributed by atoms with van der Waals surface area (Å²) >= 11 is 0. The van der Waals surface area contributed by atoms with Crippen LogP contribution in [0.4, 0.5) is 0 Å². The van der Waals surface area contributed by atoms with Crippen LogP contribution in [0.1, 0.15) is 70.2 Å². The minimum absolute atomic E-state index is 0.0903. The summed E-state index contributed by atoms with van der Waals surface area (Å²) < 4.78 is 10.8. The van der Waals surface area contributed by atoms with E-state index >= 15 is 0 Å². The molecular formula is C26H38O3. The number of carbonyl (C=O) groups is 1. The molecule has 29 heavy (non-hydrogen) atoms. The molecule has 3 nitrogen and oxygen atoms in total. The minimum Gasteiger partial charge on any atom is -0.494 e. The summed E-state index contributed by atoms with van der Waals surface area (Å²) in [5, 5.41) is 0. The molecule has 0 fully saturated rings. The number of hydrogen-bond acceptors (Lipinski definition) is 3. The van der Waals surface area contributed by atoms with Gasteiger partial charge in [0.25, 0.3) is 0 Å². The Morgan fingerprint density at radius 1 is 0.828 bits per heavy atom. The summed E-state index contributed by atoms with van der Waals surface area (Å²) in [5.41, 5.74) is 2.96. The number of ether oxygens (including phenoxy) is 2. The van der Waals surface area contributed by atoms with Gasteiger partial charge < -0.3 is 9.47 Å². The van der Waals surface area contributed by atoms with Gasteiger partial charge in [0.15, 0.2) is 5.78 Å². The predicted octanol–water partition coefficient (Wildman–Crippen LogP) is 7.19. The molecule has 2 aromatic carbocycles. The second kappa shape index (κ2) is 14.8. The number of Topliss-reactive ketones (excluding diaryl/α,β-unsaturated/α-hetero) is 1. The van der Waals surface area contributed by atoms with E-state index in [-0.39, 0.29) is 5.78 Å².